The van der Waals surface area contributed by atoms with Gasteiger partial charge in [-0.2, -0.15) is 4.31 Å². The van der Waals surface area contributed by atoms with E-state index in [-0.39, 0.29) is 72.5 Å². The number of halogens is 2. The number of anilines is 1. The molecule has 3 unspecified atom stereocenters. The summed E-state index contributed by atoms with van der Waals surface area (Å²) in [6, 6.07) is 8.29. The number of aliphatic hydroxyl groups excluding tert-OH is 1. The van der Waals surface area contributed by atoms with Crippen LogP contribution in [0.15, 0.2) is 41.3 Å². The number of rotatable bonds is 14. The first kappa shape index (κ1) is 34.7. The van der Waals surface area contributed by atoms with Crippen LogP contribution in [-0.4, -0.2) is 79.6 Å². The van der Waals surface area contributed by atoms with Crippen LogP contribution < -0.4 is 5.32 Å². The number of nitrogens with one attached hydrogen (secondary N) is 1. The zero-order chi connectivity index (χ0) is 34.4. The molecular weight excluding hydrogens is 677 g/mol. The van der Waals surface area contributed by atoms with Gasteiger partial charge in [0.15, 0.2) is 11.4 Å². The Morgan fingerprint density at radius 3 is 2.63 bits per heavy atom. The largest absolute Gasteiger partial charge is 0.462 e. The highest BCUT2D eigenvalue weighted by Gasteiger charge is 2.55. The van der Waals surface area contributed by atoms with Gasteiger partial charge in [-0.1, -0.05) is 25.2 Å². The third-order valence-corrected chi connectivity index (χ3v) is 12.9. The highest BCUT2D eigenvalue weighted by atomic mass is 32.2. The van der Waals surface area contributed by atoms with Crippen LogP contribution in [0.3, 0.4) is 0 Å². The number of benzene rings is 2. The van der Waals surface area contributed by atoms with E-state index in [9.17, 15) is 27.1 Å². The molecule has 7 rings (SSSR count). The lowest BCUT2D eigenvalue weighted by molar-refractivity contribution is -0.182. The van der Waals surface area contributed by atoms with E-state index in [0.717, 1.165) is 47.3 Å². The molecule has 2 saturated heterocycles. The van der Waals surface area contributed by atoms with Crippen LogP contribution in [0, 0.1) is 41.2 Å². The van der Waals surface area contributed by atoms with Gasteiger partial charge in [0.1, 0.15) is 17.7 Å². The van der Waals surface area contributed by atoms with E-state index in [0.29, 0.717) is 31.2 Å². The number of ether oxygens (including phenoxy) is 3. The summed E-state index contributed by atoms with van der Waals surface area (Å²) in [5.74, 6) is -2.55. The van der Waals surface area contributed by atoms with E-state index in [4.69, 9.17) is 14.2 Å². The molecule has 14 heteroatoms. The van der Waals surface area contributed by atoms with Crippen molar-refractivity contribution in [1.29, 1.82) is 0 Å². The molecule has 2 aromatic carbocycles. The number of nitrogens with zero attached hydrogens (tertiary/aromatic N) is 2. The Bertz CT molecular complexity index is 1760. The Morgan fingerprint density at radius 2 is 1.90 bits per heavy atom. The molecule has 2 N–H and O–H groups in total. The number of hydrogen-bond acceptors (Lipinski definition) is 10. The second-order valence-corrected chi connectivity index (χ2v) is 17.4. The summed E-state index contributed by atoms with van der Waals surface area (Å²) in [7, 11) is -4.10. The molecule has 10 nitrogen and oxygen atoms in total. The molecule has 266 valence electrons. The van der Waals surface area contributed by atoms with Crippen LogP contribution in [-0.2, 0) is 35.4 Å². The maximum atomic E-state index is 14.2. The minimum Gasteiger partial charge on any atom is -0.462 e. The van der Waals surface area contributed by atoms with E-state index >= 15 is 0 Å². The first-order valence-corrected chi connectivity index (χ1v) is 19.4. The lowest BCUT2D eigenvalue weighted by Crippen LogP contribution is -2.43. The SMILES string of the molecule is CC(C)CN(C[C@@H](O)C(CC(=O)O[C@@H]1CC2CO[C@@H]3OCCC1[C@H]23)Cc1cc(F)cc(F)c1)S(=O)(=O)c1ccc2nc(NC3CC3)sc2c1. The monoisotopic (exact) mass is 719 g/mol. The van der Waals surface area contributed by atoms with Crippen molar-refractivity contribution >= 4 is 42.7 Å². The van der Waals surface area contributed by atoms with Gasteiger partial charge in [0.25, 0.3) is 0 Å². The molecule has 1 aromatic heterocycles. The van der Waals surface area contributed by atoms with Crippen LogP contribution in [0.5, 0.6) is 0 Å². The van der Waals surface area contributed by atoms with Crippen molar-refractivity contribution in [1.82, 2.24) is 9.29 Å². The van der Waals surface area contributed by atoms with Gasteiger partial charge in [-0.25, -0.2) is 22.2 Å². The molecule has 2 aliphatic heterocycles. The summed E-state index contributed by atoms with van der Waals surface area (Å²) in [5, 5.41) is 15.8. The molecule has 0 bridgehead atoms. The standard InChI is InChI=1S/C35H43F2N3O7S2/c1-19(2)16-40(49(43,44)26-5-6-28-31(15-26)48-35(39-28)38-25-3-4-25)17-29(41)21(9-20-10-23(36)14-24(37)11-20)13-32(42)47-30-12-22-18-46-34-33(22)27(30)7-8-45-34/h5-6,10-11,14-15,19,21-22,25,27,29-30,33-34,41H,3-4,7-9,12-13,16-18H2,1-2H3,(H,38,39)/t21?,22?,27?,29-,30-,33+,34+/m1/s1. The van der Waals surface area contributed by atoms with E-state index in [1.54, 1.807) is 12.1 Å². The van der Waals surface area contributed by atoms with E-state index in [1.807, 2.05) is 13.8 Å². The number of fused-ring (bicyclic) bond motifs is 1. The van der Waals surface area contributed by atoms with Gasteiger partial charge in [-0.15, -0.1) is 0 Å². The Kier molecular flexibility index (Phi) is 9.99. The second-order valence-electron chi connectivity index (χ2n) is 14.4. The predicted octanol–water partition coefficient (Wildman–Crippen LogP) is 5.35. The van der Waals surface area contributed by atoms with Crippen molar-refractivity contribution < 1.29 is 41.3 Å². The number of carbonyl (C=O) groups is 1. The maximum absolute atomic E-state index is 14.2. The Labute approximate surface area is 289 Å². The molecule has 0 radical (unpaired) electrons. The Hall–Kier alpha value is -2.75. The average molecular weight is 720 g/mol. The molecule has 2 aliphatic carbocycles. The number of esters is 1. The minimum atomic E-state index is -4.10. The molecule has 3 aromatic rings. The number of aliphatic hydroxyl groups is 1. The number of carbonyl (C=O) groups excluding carboxylic acids is 1. The zero-order valence-electron chi connectivity index (χ0n) is 27.6. The van der Waals surface area contributed by atoms with Crippen molar-refractivity contribution in [2.45, 2.75) is 81.8 Å². The smallest absolute Gasteiger partial charge is 0.306 e. The van der Waals surface area contributed by atoms with Gasteiger partial charge in [-0.3, -0.25) is 4.79 Å². The zero-order valence-corrected chi connectivity index (χ0v) is 29.2. The van der Waals surface area contributed by atoms with Gasteiger partial charge in [0.05, 0.1) is 40.9 Å². The summed E-state index contributed by atoms with van der Waals surface area (Å²) in [6.45, 7) is 4.62. The molecular formula is C35H43F2N3O7S2. The maximum Gasteiger partial charge on any atom is 0.306 e. The summed E-state index contributed by atoms with van der Waals surface area (Å²) < 4.78 is 76.2. The summed E-state index contributed by atoms with van der Waals surface area (Å²) >= 11 is 1.39. The summed E-state index contributed by atoms with van der Waals surface area (Å²) in [4.78, 5) is 18.2. The van der Waals surface area contributed by atoms with Crippen LogP contribution >= 0.6 is 11.3 Å². The van der Waals surface area contributed by atoms with Gasteiger partial charge < -0.3 is 24.6 Å². The molecule has 7 atom stereocenters. The fraction of sp³-hybridized carbons (Fsp3) is 0.600. The van der Waals surface area contributed by atoms with Crippen molar-refractivity contribution in [3.8, 4) is 0 Å². The topological polar surface area (TPSA) is 127 Å². The summed E-state index contributed by atoms with van der Waals surface area (Å²) in [6.07, 6.45) is 1.31. The first-order chi connectivity index (χ1) is 23.4. The molecule has 0 amide bonds. The van der Waals surface area contributed by atoms with Crippen LogP contribution in [0.25, 0.3) is 10.2 Å². The quantitative estimate of drug-likeness (QED) is 0.212. The third kappa shape index (κ3) is 7.79. The van der Waals surface area contributed by atoms with Crippen LogP contribution in [0.1, 0.15) is 51.5 Å². The van der Waals surface area contributed by atoms with Gasteiger partial charge >= 0.3 is 5.97 Å². The highest BCUT2D eigenvalue weighted by Crippen LogP contribution is 2.50. The second kappa shape index (κ2) is 14.1. The third-order valence-electron chi connectivity index (χ3n) is 10.1. The highest BCUT2D eigenvalue weighted by molar-refractivity contribution is 7.89. The molecule has 49 heavy (non-hydrogen) atoms. The molecule has 2 saturated carbocycles. The number of sulfonamides is 1. The number of hydrogen-bond donors (Lipinski definition) is 2. The van der Waals surface area contributed by atoms with Crippen molar-refractivity contribution in [2.24, 2.45) is 29.6 Å². The van der Waals surface area contributed by atoms with Crippen molar-refractivity contribution in [3.63, 3.8) is 0 Å². The van der Waals surface area contributed by atoms with Gasteiger partial charge in [0, 0.05) is 43.0 Å². The molecule has 4 aliphatic rings. The minimum absolute atomic E-state index is 0.0623. The fourth-order valence-electron chi connectivity index (χ4n) is 7.67. The number of aromatic nitrogens is 1. The molecule has 3 heterocycles. The Balaban J connectivity index is 1.10. The lowest BCUT2D eigenvalue weighted by Gasteiger charge is -2.33. The average Bonchev–Trinajstić information content (AvgIpc) is 3.44. The predicted molar refractivity (Wildman–Crippen MR) is 179 cm³/mol. The molecule has 4 fully saturated rings. The van der Waals surface area contributed by atoms with Crippen LogP contribution in [0.2, 0.25) is 0 Å². The van der Waals surface area contributed by atoms with E-state index < -0.39 is 39.6 Å². The van der Waals surface area contributed by atoms with Crippen molar-refractivity contribution in [3.05, 3.63) is 53.6 Å². The molecule has 0 spiro atoms. The Morgan fingerprint density at radius 1 is 1.12 bits per heavy atom. The summed E-state index contributed by atoms with van der Waals surface area (Å²) in [5.41, 5.74) is 0.942. The normalized spacial score (nSPS) is 26.3. The lowest BCUT2D eigenvalue weighted by atomic mass is 9.86. The van der Waals surface area contributed by atoms with Crippen LogP contribution in [0.4, 0.5) is 13.9 Å². The van der Waals surface area contributed by atoms with Gasteiger partial charge in [0.2, 0.25) is 10.0 Å². The first-order valence-electron chi connectivity index (χ1n) is 17.2. The van der Waals surface area contributed by atoms with E-state index in [2.05, 4.69) is 10.3 Å². The van der Waals surface area contributed by atoms with Crippen molar-refractivity contribution in [2.75, 3.05) is 31.6 Å². The van der Waals surface area contributed by atoms with Gasteiger partial charge in [-0.05, 0) is 79.8 Å². The van der Waals surface area contributed by atoms with E-state index in [1.165, 1.54) is 21.7 Å². The fourth-order valence-corrected chi connectivity index (χ4v) is 10.4. The number of thiazole rings is 1.